The number of methoxy groups -OCH3 is 1. The fraction of sp³-hybridized carbons (Fsp3) is 0.650. The molecule has 0 heterocycles. The molecule has 24 heavy (non-hydrogen) atoms. The number of carbonyl (C=O) groups excluding carboxylic acids is 1. The van der Waals surface area contributed by atoms with E-state index in [2.05, 4.69) is 12.2 Å². The third-order valence-electron chi connectivity index (χ3n) is 4.97. The zero-order valence-corrected chi connectivity index (χ0v) is 15.5. The molecule has 0 radical (unpaired) electrons. The summed E-state index contributed by atoms with van der Waals surface area (Å²) in [6.45, 7) is 5.98. The molecule has 1 fully saturated rings. The number of amides is 1. The van der Waals surface area contributed by atoms with Crippen LogP contribution in [-0.4, -0.2) is 24.7 Å². The molecule has 4 heteroatoms. The summed E-state index contributed by atoms with van der Waals surface area (Å²) in [6.07, 6.45) is 7.85. The van der Waals surface area contributed by atoms with Crippen LogP contribution in [0.2, 0.25) is 0 Å². The highest BCUT2D eigenvalue weighted by Crippen LogP contribution is 2.29. The molecule has 134 valence electrons. The Morgan fingerprint density at radius 1 is 1.33 bits per heavy atom. The predicted molar refractivity (Wildman–Crippen MR) is 97.6 cm³/mol. The van der Waals surface area contributed by atoms with Crippen molar-refractivity contribution in [1.29, 1.82) is 0 Å². The molecule has 4 nitrogen and oxygen atoms in total. The van der Waals surface area contributed by atoms with Crippen molar-refractivity contribution >= 4 is 11.6 Å². The average molecular weight is 333 g/mol. The quantitative estimate of drug-likeness (QED) is 0.740. The Morgan fingerprint density at radius 2 is 2.04 bits per heavy atom. The van der Waals surface area contributed by atoms with Gasteiger partial charge in [0.1, 0.15) is 11.4 Å². The highest BCUT2D eigenvalue weighted by molar-refractivity contribution is 5.97. The molecule has 0 aromatic heterocycles. The smallest absolute Gasteiger partial charge is 0.256 e. The number of benzene rings is 1. The van der Waals surface area contributed by atoms with Gasteiger partial charge in [0.2, 0.25) is 0 Å². The van der Waals surface area contributed by atoms with Crippen molar-refractivity contribution < 1.29 is 14.3 Å². The Kier molecular flexibility index (Phi) is 6.67. The van der Waals surface area contributed by atoms with E-state index in [-0.39, 0.29) is 5.91 Å². The highest BCUT2D eigenvalue weighted by atomic mass is 16.5. The summed E-state index contributed by atoms with van der Waals surface area (Å²) in [5.74, 6) is 0.822. The molecular weight excluding hydrogens is 302 g/mol. The van der Waals surface area contributed by atoms with Gasteiger partial charge < -0.3 is 14.8 Å². The number of hydrogen-bond donors (Lipinski definition) is 1. The Morgan fingerprint density at radius 3 is 2.62 bits per heavy atom. The van der Waals surface area contributed by atoms with Crippen LogP contribution < -0.4 is 10.1 Å². The standard InChI is InChI=1S/C20H31NO3/c1-5-6-13-20(3,23-4)19(22)21-16-11-12-18(15(2)14-16)24-17-9-7-8-10-17/h11-12,14,17H,5-10,13H2,1-4H3,(H,21,22)/t20-/m0/s1. The van der Waals surface area contributed by atoms with Crippen molar-refractivity contribution in [2.24, 2.45) is 0 Å². The van der Waals surface area contributed by atoms with E-state index in [9.17, 15) is 4.79 Å². The number of carbonyl (C=O) groups is 1. The van der Waals surface area contributed by atoms with Crippen molar-refractivity contribution in [2.45, 2.75) is 77.4 Å². The lowest BCUT2D eigenvalue weighted by atomic mass is 9.97. The van der Waals surface area contributed by atoms with Gasteiger partial charge in [0, 0.05) is 12.8 Å². The first-order valence-electron chi connectivity index (χ1n) is 9.12. The third-order valence-corrected chi connectivity index (χ3v) is 4.97. The molecule has 1 aliphatic carbocycles. The van der Waals surface area contributed by atoms with Gasteiger partial charge in [-0.25, -0.2) is 0 Å². The normalized spacial score (nSPS) is 17.5. The summed E-state index contributed by atoms with van der Waals surface area (Å²) < 4.78 is 11.6. The van der Waals surface area contributed by atoms with Gasteiger partial charge in [-0.2, -0.15) is 0 Å². The van der Waals surface area contributed by atoms with Crippen LogP contribution in [0.3, 0.4) is 0 Å². The maximum atomic E-state index is 12.6. The second-order valence-corrected chi connectivity index (χ2v) is 7.00. The van der Waals surface area contributed by atoms with Gasteiger partial charge >= 0.3 is 0 Å². The van der Waals surface area contributed by atoms with Crippen LogP contribution in [-0.2, 0) is 9.53 Å². The van der Waals surface area contributed by atoms with Crippen LogP contribution in [0.1, 0.15) is 64.4 Å². The lowest BCUT2D eigenvalue weighted by Crippen LogP contribution is -2.41. The summed E-state index contributed by atoms with van der Waals surface area (Å²) in [5, 5.41) is 2.98. The number of rotatable bonds is 8. The first kappa shape index (κ1) is 18.8. The van der Waals surface area contributed by atoms with Gasteiger partial charge in [0.15, 0.2) is 0 Å². The van der Waals surface area contributed by atoms with E-state index < -0.39 is 5.60 Å². The fourth-order valence-corrected chi connectivity index (χ4v) is 3.13. The molecule has 0 bridgehead atoms. The van der Waals surface area contributed by atoms with Crippen molar-refractivity contribution in [3.05, 3.63) is 23.8 Å². The third kappa shape index (κ3) is 4.73. The Labute approximate surface area is 145 Å². The van der Waals surface area contributed by atoms with E-state index in [0.717, 1.165) is 42.7 Å². The molecule has 1 aromatic carbocycles. The van der Waals surface area contributed by atoms with Gasteiger partial charge in [-0.15, -0.1) is 0 Å². The molecule has 1 aromatic rings. The highest BCUT2D eigenvalue weighted by Gasteiger charge is 2.32. The molecule has 1 atom stereocenters. The van der Waals surface area contributed by atoms with Crippen molar-refractivity contribution in [3.8, 4) is 5.75 Å². The molecule has 1 aliphatic rings. The summed E-state index contributed by atoms with van der Waals surface area (Å²) in [7, 11) is 1.60. The van der Waals surface area contributed by atoms with E-state index in [1.807, 2.05) is 32.0 Å². The van der Waals surface area contributed by atoms with Gasteiger partial charge in [0.25, 0.3) is 5.91 Å². The topological polar surface area (TPSA) is 47.6 Å². The monoisotopic (exact) mass is 333 g/mol. The lowest BCUT2D eigenvalue weighted by Gasteiger charge is -2.27. The van der Waals surface area contributed by atoms with Crippen LogP contribution in [0.5, 0.6) is 5.75 Å². The first-order chi connectivity index (χ1) is 11.5. The van der Waals surface area contributed by atoms with Crippen molar-refractivity contribution in [1.82, 2.24) is 0 Å². The van der Waals surface area contributed by atoms with E-state index >= 15 is 0 Å². The fourth-order valence-electron chi connectivity index (χ4n) is 3.13. The van der Waals surface area contributed by atoms with Gasteiger partial charge in [-0.05, 0) is 69.7 Å². The first-order valence-corrected chi connectivity index (χ1v) is 9.12. The van der Waals surface area contributed by atoms with Crippen LogP contribution >= 0.6 is 0 Å². The number of hydrogen-bond acceptors (Lipinski definition) is 3. The second-order valence-electron chi connectivity index (χ2n) is 7.00. The predicted octanol–water partition coefficient (Wildman–Crippen LogP) is 4.85. The number of aryl methyl sites for hydroxylation is 1. The summed E-state index contributed by atoms with van der Waals surface area (Å²) in [6, 6.07) is 5.84. The van der Waals surface area contributed by atoms with Crippen molar-refractivity contribution in [3.63, 3.8) is 0 Å². The SMILES string of the molecule is CCCC[C@](C)(OC)C(=O)Nc1ccc(OC2CCCC2)c(C)c1. The Hall–Kier alpha value is -1.55. The minimum absolute atomic E-state index is 0.0951. The zero-order valence-electron chi connectivity index (χ0n) is 15.5. The molecule has 0 aliphatic heterocycles. The van der Waals surface area contributed by atoms with E-state index in [1.54, 1.807) is 7.11 Å². The van der Waals surface area contributed by atoms with Crippen molar-refractivity contribution in [2.75, 3.05) is 12.4 Å². The Bertz CT molecular complexity index is 552. The summed E-state index contributed by atoms with van der Waals surface area (Å²) in [4.78, 5) is 12.6. The van der Waals surface area contributed by atoms with Crippen LogP contribution in [0.25, 0.3) is 0 Å². The molecule has 2 rings (SSSR count). The van der Waals surface area contributed by atoms with E-state index in [0.29, 0.717) is 12.5 Å². The molecule has 0 unspecified atom stereocenters. The minimum Gasteiger partial charge on any atom is -0.490 e. The van der Waals surface area contributed by atoms with Gasteiger partial charge in [-0.3, -0.25) is 4.79 Å². The maximum absolute atomic E-state index is 12.6. The Balaban J connectivity index is 2.01. The van der Waals surface area contributed by atoms with Crippen LogP contribution in [0.15, 0.2) is 18.2 Å². The molecule has 0 saturated heterocycles. The number of unbranched alkanes of at least 4 members (excludes halogenated alkanes) is 1. The number of anilines is 1. The summed E-state index contributed by atoms with van der Waals surface area (Å²) in [5.41, 5.74) is 1.05. The molecule has 1 saturated carbocycles. The average Bonchev–Trinajstić information content (AvgIpc) is 3.08. The molecule has 1 amide bonds. The largest absolute Gasteiger partial charge is 0.490 e. The lowest BCUT2D eigenvalue weighted by molar-refractivity contribution is -0.136. The number of ether oxygens (including phenoxy) is 2. The molecular formula is C20H31NO3. The van der Waals surface area contributed by atoms with Crippen LogP contribution in [0.4, 0.5) is 5.69 Å². The van der Waals surface area contributed by atoms with Crippen LogP contribution in [0, 0.1) is 6.92 Å². The minimum atomic E-state index is -0.789. The number of nitrogens with one attached hydrogen (secondary N) is 1. The molecule has 0 spiro atoms. The van der Waals surface area contributed by atoms with E-state index in [1.165, 1.54) is 12.8 Å². The van der Waals surface area contributed by atoms with E-state index in [4.69, 9.17) is 9.47 Å². The molecule has 1 N–H and O–H groups in total. The second kappa shape index (κ2) is 8.52. The maximum Gasteiger partial charge on any atom is 0.256 e. The van der Waals surface area contributed by atoms with Gasteiger partial charge in [0.05, 0.1) is 6.10 Å². The zero-order chi connectivity index (χ0) is 17.6. The summed E-state index contributed by atoms with van der Waals surface area (Å²) >= 11 is 0. The van der Waals surface area contributed by atoms with Gasteiger partial charge in [-0.1, -0.05) is 19.8 Å².